The van der Waals surface area contributed by atoms with E-state index >= 15 is 0 Å². The van der Waals surface area contributed by atoms with Gasteiger partial charge >= 0.3 is 5.97 Å². The SMILES string of the molecule is CC(C)=CC(=O)OCC1(O)CC23CC1CCC2C1(C)CCCC(C)(C)C1CC3O. The molecule has 1 spiro atoms. The number of carbonyl (C=O) groups excluding carboxylic acids is 1. The minimum absolute atomic E-state index is 0.0487. The molecule has 7 unspecified atom stereocenters. The summed E-state index contributed by atoms with van der Waals surface area (Å²) in [6.07, 6.45) is 9.19. The van der Waals surface area contributed by atoms with Crippen molar-refractivity contribution in [2.75, 3.05) is 6.61 Å². The van der Waals surface area contributed by atoms with Gasteiger partial charge in [-0.2, -0.15) is 0 Å². The Morgan fingerprint density at radius 3 is 2.55 bits per heavy atom. The highest BCUT2D eigenvalue weighted by Crippen LogP contribution is 2.72. The Kier molecular flexibility index (Phi) is 5.02. The molecule has 4 nitrogen and oxygen atoms in total. The zero-order chi connectivity index (χ0) is 21.2. The Bertz CT molecular complexity index is 708. The highest BCUT2D eigenvalue weighted by atomic mass is 16.5. The molecule has 0 radical (unpaired) electrons. The zero-order valence-corrected chi connectivity index (χ0v) is 19.0. The molecule has 2 bridgehead atoms. The minimum Gasteiger partial charge on any atom is -0.459 e. The molecule has 0 aromatic carbocycles. The van der Waals surface area contributed by atoms with E-state index in [1.807, 2.05) is 13.8 Å². The molecule has 4 aliphatic rings. The van der Waals surface area contributed by atoms with Gasteiger partial charge in [-0.15, -0.1) is 0 Å². The molecule has 0 amide bonds. The summed E-state index contributed by atoms with van der Waals surface area (Å²) >= 11 is 0. The number of rotatable bonds is 3. The van der Waals surface area contributed by atoms with Gasteiger partial charge < -0.3 is 14.9 Å². The van der Waals surface area contributed by atoms with Crippen LogP contribution in [0.25, 0.3) is 0 Å². The number of hydrogen-bond donors (Lipinski definition) is 2. The second-order valence-electron chi connectivity index (χ2n) is 12.0. The third-order valence-electron chi connectivity index (χ3n) is 9.58. The van der Waals surface area contributed by atoms with E-state index in [1.165, 1.54) is 25.3 Å². The van der Waals surface area contributed by atoms with E-state index in [0.29, 0.717) is 18.3 Å². The number of carbonyl (C=O) groups is 1. The molecule has 29 heavy (non-hydrogen) atoms. The molecule has 0 heterocycles. The van der Waals surface area contributed by atoms with Crippen LogP contribution in [0.2, 0.25) is 0 Å². The lowest BCUT2D eigenvalue weighted by Crippen LogP contribution is -2.61. The maximum Gasteiger partial charge on any atom is 0.330 e. The fourth-order valence-corrected chi connectivity index (χ4v) is 8.47. The van der Waals surface area contributed by atoms with E-state index in [1.54, 1.807) is 0 Å². The monoisotopic (exact) mass is 404 g/mol. The minimum atomic E-state index is -1.01. The van der Waals surface area contributed by atoms with Crippen LogP contribution >= 0.6 is 0 Å². The molecule has 0 aromatic heterocycles. The summed E-state index contributed by atoms with van der Waals surface area (Å²) in [5.41, 5.74) is 0.164. The molecule has 4 saturated carbocycles. The third kappa shape index (κ3) is 3.20. The molecule has 164 valence electrons. The highest BCUT2D eigenvalue weighted by molar-refractivity contribution is 5.82. The van der Waals surface area contributed by atoms with Crippen LogP contribution in [0.5, 0.6) is 0 Å². The summed E-state index contributed by atoms with van der Waals surface area (Å²) in [5, 5.41) is 23.0. The van der Waals surface area contributed by atoms with Crippen molar-refractivity contribution in [1.29, 1.82) is 0 Å². The summed E-state index contributed by atoms with van der Waals surface area (Å²) in [6.45, 7) is 11.0. The van der Waals surface area contributed by atoms with Crippen LogP contribution in [0, 0.1) is 34.0 Å². The smallest absolute Gasteiger partial charge is 0.330 e. The lowest BCUT2D eigenvalue weighted by molar-refractivity contribution is -0.198. The molecule has 4 heteroatoms. The Morgan fingerprint density at radius 2 is 1.86 bits per heavy atom. The number of fused-ring (bicyclic) bond motifs is 3. The lowest BCUT2D eigenvalue weighted by atomic mass is 9.40. The van der Waals surface area contributed by atoms with E-state index in [-0.39, 0.29) is 40.8 Å². The summed E-state index contributed by atoms with van der Waals surface area (Å²) in [7, 11) is 0. The first-order chi connectivity index (χ1) is 13.4. The standard InChI is InChI=1S/C25H40O4/c1-16(2)11-21(27)29-15-25(28)14-24-13-17(25)7-8-18(24)23(5)10-6-9-22(3,4)19(23)12-20(24)26/h11,17-20,26,28H,6-10,12-15H2,1-5H3. The van der Waals surface area contributed by atoms with Gasteiger partial charge in [0.15, 0.2) is 0 Å². The van der Waals surface area contributed by atoms with Crippen molar-refractivity contribution in [3.63, 3.8) is 0 Å². The second-order valence-corrected chi connectivity index (χ2v) is 12.0. The molecule has 4 rings (SSSR count). The normalized spacial score (nSPS) is 47.7. The molecule has 7 atom stereocenters. The molecule has 4 fully saturated rings. The second kappa shape index (κ2) is 6.82. The highest BCUT2D eigenvalue weighted by Gasteiger charge is 2.70. The van der Waals surface area contributed by atoms with Gasteiger partial charge in [0.05, 0.1) is 6.10 Å². The summed E-state index contributed by atoms with van der Waals surface area (Å²) in [4.78, 5) is 12.0. The number of hydrogen-bond acceptors (Lipinski definition) is 4. The quantitative estimate of drug-likeness (QED) is 0.532. The molecular formula is C25H40O4. The fraction of sp³-hybridized carbons (Fsp3) is 0.880. The first kappa shape index (κ1) is 21.4. The van der Waals surface area contributed by atoms with Crippen molar-refractivity contribution in [3.8, 4) is 0 Å². The molecular weight excluding hydrogens is 364 g/mol. The number of ether oxygens (including phenoxy) is 1. The maximum absolute atomic E-state index is 12.0. The summed E-state index contributed by atoms with van der Waals surface area (Å²) in [5.74, 6) is 0.723. The van der Waals surface area contributed by atoms with Gasteiger partial charge in [-0.25, -0.2) is 4.79 Å². The Hall–Kier alpha value is -0.870. The number of esters is 1. The molecule has 2 N–H and O–H groups in total. The van der Waals surface area contributed by atoms with Gasteiger partial charge in [-0.3, -0.25) is 0 Å². The molecule has 0 aliphatic heterocycles. The van der Waals surface area contributed by atoms with Crippen LogP contribution in [0.4, 0.5) is 0 Å². The van der Waals surface area contributed by atoms with Crippen molar-refractivity contribution in [3.05, 3.63) is 11.6 Å². The first-order valence-corrected chi connectivity index (χ1v) is 11.7. The lowest BCUT2D eigenvalue weighted by Gasteiger charge is -2.65. The topological polar surface area (TPSA) is 66.8 Å². The van der Waals surface area contributed by atoms with Gasteiger partial charge in [0.25, 0.3) is 0 Å². The van der Waals surface area contributed by atoms with E-state index in [9.17, 15) is 15.0 Å². The van der Waals surface area contributed by atoms with Crippen LogP contribution in [-0.4, -0.2) is 34.5 Å². The van der Waals surface area contributed by atoms with Crippen molar-refractivity contribution < 1.29 is 19.7 Å². The van der Waals surface area contributed by atoms with Crippen LogP contribution in [0.1, 0.15) is 86.0 Å². The summed E-state index contributed by atoms with van der Waals surface area (Å²) in [6, 6.07) is 0. The van der Waals surface area contributed by atoms with E-state index < -0.39 is 5.60 Å². The van der Waals surface area contributed by atoms with Crippen LogP contribution in [-0.2, 0) is 9.53 Å². The third-order valence-corrected chi connectivity index (χ3v) is 9.58. The number of aliphatic hydroxyl groups is 2. The fourth-order valence-electron chi connectivity index (χ4n) is 8.47. The zero-order valence-electron chi connectivity index (χ0n) is 19.0. The average Bonchev–Trinajstić information content (AvgIpc) is 2.83. The van der Waals surface area contributed by atoms with Crippen molar-refractivity contribution in [1.82, 2.24) is 0 Å². The number of aliphatic hydroxyl groups excluding tert-OH is 1. The van der Waals surface area contributed by atoms with Crippen LogP contribution < -0.4 is 0 Å². The Balaban J connectivity index is 1.60. The van der Waals surface area contributed by atoms with Crippen molar-refractivity contribution in [2.45, 2.75) is 97.7 Å². The molecule has 0 aromatic rings. The average molecular weight is 405 g/mol. The van der Waals surface area contributed by atoms with E-state index in [4.69, 9.17) is 4.74 Å². The van der Waals surface area contributed by atoms with Gasteiger partial charge in [0, 0.05) is 11.5 Å². The first-order valence-electron chi connectivity index (χ1n) is 11.7. The Morgan fingerprint density at radius 1 is 1.14 bits per heavy atom. The predicted molar refractivity (Wildman–Crippen MR) is 113 cm³/mol. The van der Waals surface area contributed by atoms with Gasteiger partial charge in [-0.05, 0) is 87.4 Å². The van der Waals surface area contributed by atoms with E-state index in [2.05, 4.69) is 20.8 Å². The predicted octanol–water partition coefficient (Wildman–Crippen LogP) is 4.63. The molecule has 4 aliphatic carbocycles. The molecule has 0 saturated heterocycles. The summed E-state index contributed by atoms with van der Waals surface area (Å²) < 4.78 is 5.48. The maximum atomic E-state index is 12.0. The van der Waals surface area contributed by atoms with Crippen LogP contribution in [0.3, 0.4) is 0 Å². The van der Waals surface area contributed by atoms with Gasteiger partial charge in [0.2, 0.25) is 0 Å². The van der Waals surface area contributed by atoms with E-state index in [0.717, 1.165) is 31.3 Å². The number of allylic oxidation sites excluding steroid dienone is 1. The van der Waals surface area contributed by atoms with Crippen molar-refractivity contribution >= 4 is 5.97 Å². The van der Waals surface area contributed by atoms with Crippen LogP contribution in [0.15, 0.2) is 11.6 Å². The van der Waals surface area contributed by atoms with Gasteiger partial charge in [-0.1, -0.05) is 32.8 Å². The Labute approximate surface area is 176 Å². The largest absolute Gasteiger partial charge is 0.459 e. The van der Waals surface area contributed by atoms with Crippen molar-refractivity contribution in [2.24, 2.45) is 34.0 Å². The van der Waals surface area contributed by atoms with Gasteiger partial charge in [0.1, 0.15) is 12.2 Å².